The van der Waals surface area contributed by atoms with Gasteiger partial charge in [0.05, 0.1) is 12.8 Å². The summed E-state index contributed by atoms with van der Waals surface area (Å²) in [5.74, 6) is -0.211. The number of thiocarbonyl (C=S) groups is 1. The molecule has 6 nitrogen and oxygen atoms in total. The van der Waals surface area contributed by atoms with Crippen molar-refractivity contribution >= 4 is 46.7 Å². The number of carbonyl (C=O) groups is 1. The lowest BCUT2D eigenvalue weighted by atomic mass is 10.2. The van der Waals surface area contributed by atoms with E-state index in [0.717, 1.165) is 5.56 Å². The van der Waals surface area contributed by atoms with Gasteiger partial charge in [-0.2, -0.15) is 5.10 Å². The van der Waals surface area contributed by atoms with Gasteiger partial charge in [-0.05, 0) is 54.2 Å². The third kappa shape index (κ3) is 6.79. The maximum absolute atomic E-state index is 12.2. The number of hydrazone groups is 1. The van der Waals surface area contributed by atoms with E-state index in [0.29, 0.717) is 34.5 Å². The van der Waals surface area contributed by atoms with Crippen molar-refractivity contribution in [3.05, 3.63) is 64.7 Å². The molecule has 0 spiro atoms. The van der Waals surface area contributed by atoms with Crippen molar-refractivity contribution in [3.63, 3.8) is 0 Å². The molecule has 2 aromatic rings. The molecule has 1 amide bonds. The fourth-order valence-electron chi connectivity index (χ4n) is 1.97. The molecule has 8 heteroatoms. The quantitative estimate of drug-likeness (QED) is 0.293. The molecule has 136 valence electrons. The second-order valence-electron chi connectivity index (χ2n) is 5.21. The Morgan fingerprint density at radius 3 is 2.77 bits per heavy atom. The van der Waals surface area contributed by atoms with Gasteiger partial charge in [0, 0.05) is 29.9 Å². The van der Waals surface area contributed by atoms with Gasteiger partial charge in [-0.3, -0.25) is 10.2 Å². The Kier molecular flexibility index (Phi) is 8.01. The normalized spacial score (nSPS) is 10.5. The highest BCUT2D eigenvalue weighted by molar-refractivity contribution is 7.80. The van der Waals surface area contributed by atoms with Gasteiger partial charge < -0.3 is 15.4 Å². The minimum Gasteiger partial charge on any atom is -0.383 e. The second kappa shape index (κ2) is 10.5. The van der Waals surface area contributed by atoms with Crippen LogP contribution < -0.4 is 16.1 Å². The van der Waals surface area contributed by atoms with Crippen LogP contribution in [0, 0.1) is 0 Å². The number of hydrogen-bond acceptors (Lipinski definition) is 4. The summed E-state index contributed by atoms with van der Waals surface area (Å²) in [5, 5.41) is 10.8. The molecule has 0 bridgehead atoms. The van der Waals surface area contributed by atoms with E-state index in [4.69, 9.17) is 28.6 Å². The Morgan fingerprint density at radius 1 is 1.27 bits per heavy atom. The third-order valence-corrected chi connectivity index (χ3v) is 3.71. The molecule has 0 heterocycles. The smallest absolute Gasteiger partial charge is 0.255 e. The first kappa shape index (κ1) is 19.8. The van der Waals surface area contributed by atoms with Crippen LogP contribution in [0.4, 0.5) is 5.69 Å². The molecular formula is C18H19ClN4O2S. The summed E-state index contributed by atoms with van der Waals surface area (Å²) < 4.78 is 4.92. The van der Waals surface area contributed by atoms with Gasteiger partial charge in [0.1, 0.15) is 0 Å². The lowest BCUT2D eigenvalue weighted by molar-refractivity contribution is 0.102. The molecule has 26 heavy (non-hydrogen) atoms. The van der Waals surface area contributed by atoms with Gasteiger partial charge in [-0.15, -0.1) is 0 Å². The van der Waals surface area contributed by atoms with E-state index in [9.17, 15) is 4.79 Å². The van der Waals surface area contributed by atoms with Crippen molar-refractivity contribution in [1.82, 2.24) is 10.7 Å². The molecule has 3 N–H and O–H groups in total. The van der Waals surface area contributed by atoms with E-state index in [1.54, 1.807) is 49.7 Å². The standard InChI is InChI=1S/C18H19ClN4O2S/c1-25-10-9-20-18(26)23-21-12-13-3-2-4-16(11-13)22-17(24)14-5-7-15(19)8-6-14/h2-8,11-12H,9-10H2,1H3,(H,22,24)(H2,20,23,26)/b21-12+. The highest BCUT2D eigenvalue weighted by atomic mass is 35.5. The van der Waals surface area contributed by atoms with Crippen LogP contribution >= 0.6 is 23.8 Å². The molecule has 0 aliphatic rings. The van der Waals surface area contributed by atoms with Crippen LogP contribution in [0.15, 0.2) is 53.6 Å². The summed E-state index contributed by atoms with van der Waals surface area (Å²) in [6.45, 7) is 1.16. The Labute approximate surface area is 162 Å². The lowest BCUT2D eigenvalue weighted by Crippen LogP contribution is -2.34. The van der Waals surface area contributed by atoms with Crippen LogP contribution in [0.2, 0.25) is 5.02 Å². The Morgan fingerprint density at radius 2 is 2.04 bits per heavy atom. The molecule has 0 saturated heterocycles. The van der Waals surface area contributed by atoms with E-state index in [1.807, 2.05) is 12.1 Å². The number of carbonyl (C=O) groups excluding carboxylic acids is 1. The number of halogens is 1. The zero-order valence-electron chi connectivity index (χ0n) is 14.2. The fraction of sp³-hybridized carbons (Fsp3) is 0.167. The van der Waals surface area contributed by atoms with Crippen LogP contribution in [0.1, 0.15) is 15.9 Å². The fourth-order valence-corrected chi connectivity index (χ4v) is 2.25. The van der Waals surface area contributed by atoms with E-state index in [1.165, 1.54) is 0 Å². The van der Waals surface area contributed by atoms with Crippen LogP contribution in [-0.4, -0.2) is 37.5 Å². The molecular weight excluding hydrogens is 372 g/mol. The first-order valence-electron chi connectivity index (χ1n) is 7.81. The minimum absolute atomic E-state index is 0.211. The third-order valence-electron chi connectivity index (χ3n) is 3.22. The molecule has 0 unspecified atom stereocenters. The van der Waals surface area contributed by atoms with Crippen LogP contribution in [0.25, 0.3) is 0 Å². The van der Waals surface area contributed by atoms with Crippen molar-refractivity contribution in [3.8, 4) is 0 Å². The van der Waals surface area contributed by atoms with E-state index < -0.39 is 0 Å². The average Bonchev–Trinajstić information content (AvgIpc) is 2.63. The zero-order valence-corrected chi connectivity index (χ0v) is 15.7. The minimum atomic E-state index is -0.211. The van der Waals surface area contributed by atoms with Gasteiger partial charge in [-0.1, -0.05) is 23.7 Å². The summed E-state index contributed by atoms with van der Waals surface area (Å²) in [4.78, 5) is 12.2. The van der Waals surface area contributed by atoms with Gasteiger partial charge in [0.15, 0.2) is 5.11 Å². The van der Waals surface area contributed by atoms with Crippen molar-refractivity contribution in [2.75, 3.05) is 25.6 Å². The topological polar surface area (TPSA) is 74.8 Å². The van der Waals surface area contributed by atoms with Crippen LogP contribution in [-0.2, 0) is 4.74 Å². The van der Waals surface area contributed by atoms with Gasteiger partial charge in [-0.25, -0.2) is 0 Å². The maximum atomic E-state index is 12.2. The Bertz CT molecular complexity index is 781. The van der Waals surface area contributed by atoms with E-state index in [2.05, 4.69) is 21.2 Å². The Balaban J connectivity index is 1.90. The predicted molar refractivity (Wildman–Crippen MR) is 109 cm³/mol. The summed E-state index contributed by atoms with van der Waals surface area (Å²) in [6.07, 6.45) is 1.61. The first-order chi connectivity index (χ1) is 12.6. The number of nitrogens with one attached hydrogen (secondary N) is 3. The molecule has 0 aromatic heterocycles. The number of amides is 1. The van der Waals surface area contributed by atoms with Gasteiger partial charge >= 0.3 is 0 Å². The molecule has 0 radical (unpaired) electrons. The summed E-state index contributed by atoms with van der Waals surface area (Å²) in [7, 11) is 1.62. The summed E-state index contributed by atoms with van der Waals surface area (Å²) >= 11 is 10.9. The molecule has 2 aromatic carbocycles. The first-order valence-corrected chi connectivity index (χ1v) is 8.60. The van der Waals surface area contributed by atoms with Crippen molar-refractivity contribution in [1.29, 1.82) is 0 Å². The van der Waals surface area contributed by atoms with Crippen molar-refractivity contribution in [2.24, 2.45) is 5.10 Å². The molecule has 0 fully saturated rings. The van der Waals surface area contributed by atoms with E-state index in [-0.39, 0.29) is 5.91 Å². The van der Waals surface area contributed by atoms with E-state index >= 15 is 0 Å². The number of hydrogen-bond donors (Lipinski definition) is 3. The van der Waals surface area contributed by atoms with Gasteiger partial charge in [0.2, 0.25) is 0 Å². The number of methoxy groups -OCH3 is 1. The Hall–Kier alpha value is -2.48. The highest BCUT2D eigenvalue weighted by Gasteiger charge is 2.06. The van der Waals surface area contributed by atoms with Crippen molar-refractivity contribution in [2.45, 2.75) is 0 Å². The number of rotatable bonds is 7. The number of ether oxygens (including phenoxy) is 1. The predicted octanol–water partition coefficient (Wildman–Crippen LogP) is 3.04. The van der Waals surface area contributed by atoms with Crippen LogP contribution in [0.3, 0.4) is 0 Å². The number of nitrogens with zero attached hydrogens (tertiary/aromatic N) is 1. The molecule has 2 rings (SSSR count). The molecule has 0 saturated carbocycles. The lowest BCUT2D eigenvalue weighted by Gasteiger charge is -2.07. The van der Waals surface area contributed by atoms with Gasteiger partial charge in [0.25, 0.3) is 5.91 Å². The maximum Gasteiger partial charge on any atom is 0.255 e. The average molecular weight is 391 g/mol. The molecule has 0 aliphatic heterocycles. The molecule has 0 atom stereocenters. The largest absolute Gasteiger partial charge is 0.383 e. The monoisotopic (exact) mass is 390 g/mol. The zero-order chi connectivity index (χ0) is 18.8. The van der Waals surface area contributed by atoms with Crippen LogP contribution in [0.5, 0.6) is 0 Å². The second-order valence-corrected chi connectivity index (χ2v) is 6.05. The highest BCUT2D eigenvalue weighted by Crippen LogP contribution is 2.13. The number of anilines is 1. The summed E-state index contributed by atoms with van der Waals surface area (Å²) in [5.41, 5.74) is 4.72. The molecule has 0 aliphatic carbocycles. The van der Waals surface area contributed by atoms with Crippen molar-refractivity contribution < 1.29 is 9.53 Å². The summed E-state index contributed by atoms with van der Waals surface area (Å²) in [6, 6.07) is 14.0. The SMILES string of the molecule is COCCNC(=S)N/N=C/c1cccc(NC(=O)c2ccc(Cl)cc2)c1. The number of benzene rings is 2.